The molecular formula is C19H32N2. The second-order valence-electron chi connectivity index (χ2n) is 8.79. The van der Waals surface area contributed by atoms with Gasteiger partial charge in [-0.25, -0.2) is 0 Å². The SMILES string of the molecule is CCCNC1CC2CCCC(C1)N2C1C2C3CCC(C3)C21. The predicted octanol–water partition coefficient (Wildman–Crippen LogP) is 3.42. The van der Waals surface area contributed by atoms with Crippen LogP contribution in [0.2, 0.25) is 0 Å². The Labute approximate surface area is 130 Å². The lowest BCUT2D eigenvalue weighted by atomic mass is 9.81. The zero-order chi connectivity index (χ0) is 14.0. The first-order chi connectivity index (χ1) is 10.4. The molecule has 6 unspecified atom stereocenters. The Balaban J connectivity index is 1.30. The van der Waals surface area contributed by atoms with Gasteiger partial charge in [0.05, 0.1) is 0 Å². The summed E-state index contributed by atoms with van der Waals surface area (Å²) in [4.78, 5) is 3.09. The fourth-order valence-corrected chi connectivity index (χ4v) is 7.10. The summed E-state index contributed by atoms with van der Waals surface area (Å²) < 4.78 is 0. The molecule has 118 valence electrons. The molecule has 2 nitrogen and oxygen atoms in total. The molecule has 0 aromatic heterocycles. The lowest BCUT2D eigenvalue weighted by Gasteiger charge is -2.50. The number of hydrogen-bond donors (Lipinski definition) is 1. The summed E-state index contributed by atoms with van der Waals surface area (Å²) in [6, 6.07) is 3.73. The van der Waals surface area contributed by atoms with E-state index in [0.29, 0.717) is 0 Å². The van der Waals surface area contributed by atoms with E-state index < -0.39 is 0 Å². The number of fused-ring (bicyclic) bond motifs is 7. The largest absolute Gasteiger partial charge is 0.314 e. The molecule has 5 rings (SSSR count). The van der Waals surface area contributed by atoms with Crippen molar-refractivity contribution < 1.29 is 0 Å². The van der Waals surface area contributed by atoms with Crippen LogP contribution in [0.4, 0.5) is 0 Å². The molecule has 1 N–H and O–H groups in total. The van der Waals surface area contributed by atoms with Crippen LogP contribution in [0.1, 0.15) is 64.7 Å². The van der Waals surface area contributed by atoms with Crippen LogP contribution in [0.25, 0.3) is 0 Å². The molecule has 6 atom stereocenters. The van der Waals surface area contributed by atoms with Crippen LogP contribution in [-0.4, -0.2) is 35.6 Å². The van der Waals surface area contributed by atoms with Gasteiger partial charge in [0.2, 0.25) is 0 Å². The zero-order valence-corrected chi connectivity index (χ0v) is 13.6. The maximum absolute atomic E-state index is 3.83. The van der Waals surface area contributed by atoms with Crippen molar-refractivity contribution in [2.75, 3.05) is 6.54 Å². The molecule has 21 heavy (non-hydrogen) atoms. The van der Waals surface area contributed by atoms with Crippen LogP contribution in [0.15, 0.2) is 0 Å². The number of piperidine rings is 2. The van der Waals surface area contributed by atoms with E-state index in [9.17, 15) is 0 Å². The summed E-state index contributed by atoms with van der Waals surface area (Å²) in [5.41, 5.74) is 0. The van der Waals surface area contributed by atoms with Gasteiger partial charge in [0, 0.05) is 24.2 Å². The first-order valence-corrected chi connectivity index (χ1v) is 9.87. The number of hydrogen-bond acceptors (Lipinski definition) is 2. The molecule has 5 aliphatic rings. The van der Waals surface area contributed by atoms with E-state index in [1.54, 1.807) is 19.3 Å². The van der Waals surface area contributed by atoms with Crippen LogP contribution in [0.5, 0.6) is 0 Å². The lowest BCUT2D eigenvalue weighted by molar-refractivity contribution is 0.00475. The highest BCUT2D eigenvalue weighted by molar-refractivity contribution is 5.19. The van der Waals surface area contributed by atoms with Gasteiger partial charge >= 0.3 is 0 Å². The van der Waals surface area contributed by atoms with Crippen LogP contribution in [-0.2, 0) is 0 Å². The normalized spacial score (nSPS) is 54.7. The number of nitrogens with one attached hydrogen (secondary N) is 1. The van der Waals surface area contributed by atoms with Crippen molar-refractivity contribution in [1.29, 1.82) is 0 Å². The quantitative estimate of drug-likeness (QED) is 0.853. The van der Waals surface area contributed by atoms with Crippen molar-refractivity contribution in [1.82, 2.24) is 10.2 Å². The standard InChI is InChI=1S/C19H32N2/c1-2-8-20-14-10-15-4-3-5-16(11-14)21(15)19-17-12-6-7-13(9-12)18(17)19/h12-20H,2-11H2,1H3. The molecule has 0 aromatic rings. The molecule has 2 heteroatoms. The van der Waals surface area contributed by atoms with Crippen LogP contribution in [0, 0.1) is 23.7 Å². The summed E-state index contributed by atoms with van der Waals surface area (Å²) in [5.74, 6) is 4.57. The molecule has 0 aromatic carbocycles. The van der Waals surface area contributed by atoms with Crippen LogP contribution in [0.3, 0.4) is 0 Å². The van der Waals surface area contributed by atoms with Gasteiger partial charge in [-0.3, -0.25) is 4.90 Å². The minimum Gasteiger partial charge on any atom is -0.314 e. The predicted molar refractivity (Wildman–Crippen MR) is 86.2 cm³/mol. The first kappa shape index (κ1) is 13.4. The van der Waals surface area contributed by atoms with E-state index in [1.165, 1.54) is 45.1 Å². The second kappa shape index (κ2) is 4.96. The van der Waals surface area contributed by atoms with Crippen molar-refractivity contribution in [2.45, 2.75) is 88.9 Å². The number of rotatable bonds is 4. The fourth-order valence-electron chi connectivity index (χ4n) is 7.10. The summed E-state index contributed by atoms with van der Waals surface area (Å²) >= 11 is 0. The van der Waals surface area contributed by atoms with E-state index in [1.807, 2.05) is 0 Å². The van der Waals surface area contributed by atoms with E-state index in [4.69, 9.17) is 0 Å². The average Bonchev–Trinajstić information content (AvgIpc) is 2.89. The van der Waals surface area contributed by atoms with Crippen LogP contribution < -0.4 is 5.32 Å². The first-order valence-electron chi connectivity index (χ1n) is 9.87. The molecular weight excluding hydrogens is 256 g/mol. The zero-order valence-electron chi connectivity index (χ0n) is 13.6. The molecule has 0 spiro atoms. The van der Waals surface area contributed by atoms with Crippen molar-refractivity contribution >= 4 is 0 Å². The third-order valence-corrected chi connectivity index (χ3v) is 7.75. The van der Waals surface area contributed by atoms with Gasteiger partial charge in [-0.05, 0) is 81.6 Å². The third kappa shape index (κ3) is 1.97. The Morgan fingerprint density at radius 3 is 2.19 bits per heavy atom. The Kier molecular flexibility index (Phi) is 3.16. The maximum atomic E-state index is 3.83. The molecule has 0 radical (unpaired) electrons. The molecule has 3 saturated carbocycles. The third-order valence-electron chi connectivity index (χ3n) is 7.75. The molecule has 2 saturated heterocycles. The Bertz CT molecular complexity index is 378. The highest BCUT2D eigenvalue weighted by Gasteiger charge is 2.68. The summed E-state index contributed by atoms with van der Waals surface area (Å²) in [6.07, 6.45) is 13.4. The van der Waals surface area contributed by atoms with E-state index in [2.05, 4.69) is 17.1 Å². The van der Waals surface area contributed by atoms with Gasteiger partial charge in [-0.2, -0.15) is 0 Å². The van der Waals surface area contributed by atoms with Gasteiger partial charge in [-0.15, -0.1) is 0 Å². The number of nitrogens with zero attached hydrogens (tertiary/aromatic N) is 1. The molecule has 2 heterocycles. The Hall–Kier alpha value is -0.0800. The minimum absolute atomic E-state index is 0.826. The summed E-state index contributed by atoms with van der Waals surface area (Å²) in [5, 5.41) is 3.83. The lowest BCUT2D eigenvalue weighted by Crippen LogP contribution is -2.58. The van der Waals surface area contributed by atoms with Crippen LogP contribution >= 0.6 is 0 Å². The van der Waals surface area contributed by atoms with E-state index in [-0.39, 0.29) is 0 Å². The van der Waals surface area contributed by atoms with Crippen molar-refractivity contribution in [3.63, 3.8) is 0 Å². The highest BCUT2D eigenvalue weighted by atomic mass is 15.3. The maximum Gasteiger partial charge on any atom is 0.0170 e. The summed E-state index contributed by atoms with van der Waals surface area (Å²) in [7, 11) is 0. The van der Waals surface area contributed by atoms with E-state index in [0.717, 1.165) is 47.8 Å². The molecule has 0 amide bonds. The van der Waals surface area contributed by atoms with Crippen molar-refractivity contribution in [2.24, 2.45) is 23.7 Å². The van der Waals surface area contributed by atoms with E-state index >= 15 is 0 Å². The monoisotopic (exact) mass is 288 g/mol. The second-order valence-corrected chi connectivity index (χ2v) is 8.79. The Morgan fingerprint density at radius 2 is 1.57 bits per heavy atom. The summed E-state index contributed by atoms with van der Waals surface area (Å²) in [6.45, 7) is 3.52. The highest BCUT2D eigenvalue weighted by Crippen LogP contribution is 2.68. The van der Waals surface area contributed by atoms with Gasteiger partial charge in [-0.1, -0.05) is 13.3 Å². The van der Waals surface area contributed by atoms with Crippen molar-refractivity contribution in [3.8, 4) is 0 Å². The van der Waals surface area contributed by atoms with Gasteiger partial charge in [0.15, 0.2) is 0 Å². The topological polar surface area (TPSA) is 15.3 Å². The average molecular weight is 288 g/mol. The van der Waals surface area contributed by atoms with Gasteiger partial charge < -0.3 is 5.32 Å². The molecule has 3 aliphatic carbocycles. The molecule has 2 aliphatic heterocycles. The van der Waals surface area contributed by atoms with Crippen molar-refractivity contribution in [3.05, 3.63) is 0 Å². The molecule has 5 fully saturated rings. The fraction of sp³-hybridized carbons (Fsp3) is 1.00. The molecule has 4 bridgehead atoms. The van der Waals surface area contributed by atoms with Gasteiger partial charge in [0.1, 0.15) is 0 Å². The van der Waals surface area contributed by atoms with Gasteiger partial charge in [0.25, 0.3) is 0 Å². The minimum atomic E-state index is 0.826. The Morgan fingerprint density at radius 1 is 0.905 bits per heavy atom. The smallest absolute Gasteiger partial charge is 0.0170 e.